The number of nitrogens with two attached hydrogens (primary N) is 1. The average molecular weight is 248 g/mol. The van der Waals surface area contributed by atoms with Crippen LogP contribution in [0.3, 0.4) is 0 Å². The highest BCUT2D eigenvalue weighted by molar-refractivity contribution is 7.98. The van der Waals surface area contributed by atoms with Gasteiger partial charge < -0.3 is 5.73 Å². The molecule has 0 heterocycles. The first-order valence-electron chi connectivity index (χ1n) is 5.96. The maximum Gasteiger partial charge on any atom is 0.101 e. The summed E-state index contributed by atoms with van der Waals surface area (Å²) in [6.07, 6.45) is 2.95. The van der Waals surface area contributed by atoms with Crippen molar-refractivity contribution >= 4 is 11.8 Å². The molecule has 3 heteroatoms. The molecule has 0 saturated heterocycles. The summed E-state index contributed by atoms with van der Waals surface area (Å²) in [7, 11) is 0. The SMILES string of the molecule is CC(N)(C#N)CCCCSCc1ccccc1. The second-order valence-corrected chi connectivity index (χ2v) is 5.63. The second-order valence-electron chi connectivity index (χ2n) is 4.52. The summed E-state index contributed by atoms with van der Waals surface area (Å²) in [5.41, 5.74) is 6.48. The van der Waals surface area contributed by atoms with Crippen molar-refractivity contribution in [3.63, 3.8) is 0 Å². The summed E-state index contributed by atoms with van der Waals surface area (Å²) in [6, 6.07) is 12.6. The lowest BCUT2D eigenvalue weighted by molar-refractivity contribution is 0.519. The molecule has 0 aliphatic heterocycles. The van der Waals surface area contributed by atoms with Crippen molar-refractivity contribution in [2.24, 2.45) is 5.73 Å². The van der Waals surface area contributed by atoms with Gasteiger partial charge in [0.1, 0.15) is 5.54 Å². The lowest BCUT2D eigenvalue weighted by atomic mass is 9.99. The molecule has 1 aromatic carbocycles. The van der Waals surface area contributed by atoms with Crippen molar-refractivity contribution < 1.29 is 0 Å². The van der Waals surface area contributed by atoms with Gasteiger partial charge in [-0.3, -0.25) is 0 Å². The molecule has 0 bridgehead atoms. The minimum absolute atomic E-state index is 0.649. The van der Waals surface area contributed by atoms with E-state index in [0.717, 1.165) is 30.8 Å². The molecular formula is C14H20N2S. The van der Waals surface area contributed by atoms with Gasteiger partial charge in [0.15, 0.2) is 0 Å². The third-order valence-electron chi connectivity index (χ3n) is 2.60. The quantitative estimate of drug-likeness (QED) is 0.753. The van der Waals surface area contributed by atoms with E-state index in [4.69, 9.17) is 11.0 Å². The normalized spacial score (nSPS) is 13.9. The van der Waals surface area contributed by atoms with Crippen LogP contribution in [0.1, 0.15) is 31.7 Å². The van der Waals surface area contributed by atoms with Crippen LogP contribution in [0.4, 0.5) is 0 Å². The molecule has 0 saturated carbocycles. The fourth-order valence-electron chi connectivity index (χ4n) is 1.52. The first kappa shape index (κ1) is 14.1. The van der Waals surface area contributed by atoms with Crippen molar-refractivity contribution in [1.29, 1.82) is 5.26 Å². The smallest absolute Gasteiger partial charge is 0.101 e. The van der Waals surface area contributed by atoms with E-state index in [1.54, 1.807) is 6.92 Å². The number of nitrogens with zero attached hydrogens (tertiary/aromatic N) is 1. The summed E-state index contributed by atoms with van der Waals surface area (Å²) in [5, 5.41) is 8.77. The van der Waals surface area contributed by atoms with E-state index in [-0.39, 0.29) is 0 Å². The lowest BCUT2D eigenvalue weighted by Gasteiger charge is -2.14. The van der Waals surface area contributed by atoms with E-state index in [9.17, 15) is 0 Å². The Kier molecular flexibility index (Phi) is 6.10. The van der Waals surface area contributed by atoms with Gasteiger partial charge >= 0.3 is 0 Å². The lowest BCUT2D eigenvalue weighted by Crippen LogP contribution is -2.33. The molecule has 0 aliphatic rings. The van der Waals surface area contributed by atoms with E-state index in [2.05, 4.69) is 30.3 Å². The van der Waals surface area contributed by atoms with Gasteiger partial charge in [-0.2, -0.15) is 17.0 Å². The molecule has 1 aromatic rings. The molecule has 0 amide bonds. The molecule has 1 atom stereocenters. The maximum atomic E-state index is 8.77. The Bertz CT molecular complexity index is 354. The number of rotatable bonds is 7. The highest BCUT2D eigenvalue weighted by Crippen LogP contribution is 2.16. The standard InChI is InChI=1S/C14H20N2S/c1-14(16,12-15)9-5-6-10-17-11-13-7-3-2-4-8-13/h2-4,7-8H,5-6,9-11,16H2,1H3. The van der Waals surface area contributed by atoms with Gasteiger partial charge in [0.05, 0.1) is 6.07 Å². The minimum atomic E-state index is -0.649. The molecule has 1 unspecified atom stereocenters. The highest BCUT2D eigenvalue weighted by Gasteiger charge is 2.15. The van der Waals surface area contributed by atoms with E-state index < -0.39 is 5.54 Å². The van der Waals surface area contributed by atoms with Crippen LogP contribution in [-0.4, -0.2) is 11.3 Å². The summed E-state index contributed by atoms with van der Waals surface area (Å²) in [4.78, 5) is 0. The summed E-state index contributed by atoms with van der Waals surface area (Å²) in [6.45, 7) is 1.80. The third kappa shape index (κ3) is 6.35. The minimum Gasteiger partial charge on any atom is -0.314 e. The van der Waals surface area contributed by atoms with Crippen molar-refractivity contribution in [2.45, 2.75) is 37.5 Å². The van der Waals surface area contributed by atoms with Crippen molar-refractivity contribution in [2.75, 3.05) is 5.75 Å². The van der Waals surface area contributed by atoms with Gasteiger partial charge in [-0.15, -0.1) is 0 Å². The molecule has 0 aliphatic carbocycles. The fourth-order valence-corrected chi connectivity index (χ4v) is 2.50. The monoisotopic (exact) mass is 248 g/mol. The van der Waals surface area contributed by atoms with Gasteiger partial charge in [-0.25, -0.2) is 0 Å². The molecule has 0 radical (unpaired) electrons. The highest BCUT2D eigenvalue weighted by atomic mass is 32.2. The molecular weight excluding hydrogens is 228 g/mol. The molecule has 2 nitrogen and oxygen atoms in total. The number of nitriles is 1. The molecule has 2 N–H and O–H groups in total. The van der Waals surface area contributed by atoms with E-state index in [0.29, 0.717) is 0 Å². The largest absolute Gasteiger partial charge is 0.314 e. The Morgan fingerprint density at radius 2 is 2.00 bits per heavy atom. The van der Waals surface area contributed by atoms with Crippen LogP contribution in [0.25, 0.3) is 0 Å². The van der Waals surface area contributed by atoms with Crippen LogP contribution in [0, 0.1) is 11.3 Å². The summed E-state index contributed by atoms with van der Waals surface area (Å²) >= 11 is 1.94. The Balaban J connectivity index is 2.04. The molecule has 0 fully saturated rings. The first-order chi connectivity index (χ1) is 8.14. The molecule has 92 valence electrons. The van der Waals surface area contributed by atoms with Gasteiger partial charge in [-0.1, -0.05) is 30.3 Å². The molecule has 0 spiro atoms. The van der Waals surface area contributed by atoms with Crippen LogP contribution in [0.5, 0.6) is 0 Å². The summed E-state index contributed by atoms with van der Waals surface area (Å²) < 4.78 is 0. The third-order valence-corrected chi connectivity index (χ3v) is 3.72. The Morgan fingerprint density at radius 1 is 1.29 bits per heavy atom. The Labute approximate surface area is 108 Å². The molecule has 0 aromatic heterocycles. The number of hydrogen-bond acceptors (Lipinski definition) is 3. The van der Waals surface area contributed by atoms with E-state index in [1.807, 2.05) is 17.8 Å². The summed E-state index contributed by atoms with van der Waals surface area (Å²) in [5.74, 6) is 2.20. The van der Waals surface area contributed by atoms with Gasteiger partial charge in [0, 0.05) is 5.75 Å². The zero-order valence-corrected chi connectivity index (χ0v) is 11.2. The Morgan fingerprint density at radius 3 is 2.65 bits per heavy atom. The van der Waals surface area contributed by atoms with Crippen LogP contribution >= 0.6 is 11.8 Å². The number of unbranched alkanes of at least 4 members (excludes halogenated alkanes) is 1. The van der Waals surface area contributed by atoms with Crippen LogP contribution < -0.4 is 5.73 Å². The second kappa shape index (κ2) is 7.37. The topological polar surface area (TPSA) is 49.8 Å². The van der Waals surface area contributed by atoms with Gasteiger partial charge in [0.25, 0.3) is 0 Å². The van der Waals surface area contributed by atoms with Crippen molar-refractivity contribution in [3.05, 3.63) is 35.9 Å². The Hall–Kier alpha value is -0.980. The average Bonchev–Trinajstić information content (AvgIpc) is 2.35. The van der Waals surface area contributed by atoms with Crippen LogP contribution in [-0.2, 0) is 5.75 Å². The maximum absolute atomic E-state index is 8.77. The number of benzene rings is 1. The zero-order chi connectivity index (χ0) is 12.6. The van der Waals surface area contributed by atoms with E-state index in [1.165, 1.54) is 5.56 Å². The van der Waals surface area contributed by atoms with Crippen molar-refractivity contribution in [1.82, 2.24) is 0 Å². The van der Waals surface area contributed by atoms with E-state index >= 15 is 0 Å². The number of hydrogen-bond donors (Lipinski definition) is 1. The number of thioether (sulfide) groups is 1. The van der Waals surface area contributed by atoms with Crippen molar-refractivity contribution in [3.8, 4) is 6.07 Å². The van der Waals surface area contributed by atoms with Crippen LogP contribution in [0.15, 0.2) is 30.3 Å². The molecule has 17 heavy (non-hydrogen) atoms. The fraction of sp³-hybridized carbons (Fsp3) is 0.500. The first-order valence-corrected chi connectivity index (χ1v) is 7.11. The van der Waals surface area contributed by atoms with Gasteiger partial charge in [0.2, 0.25) is 0 Å². The predicted molar refractivity (Wildman–Crippen MR) is 74.7 cm³/mol. The zero-order valence-electron chi connectivity index (χ0n) is 10.4. The van der Waals surface area contributed by atoms with Gasteiger partial charge in [-0.05, 0) is 37.5 Å². The molecule has 1 rings (SSSR count). The van der Waals surface area contributed by atoms with Crippen LogP contribution in [0.2, 0.25) is 0 Å². The predicted octanol–water partition coefficient (Wildman–Crippen LogP) is 3.33.